The quantitative estimate of drug-likeness (QED) is 0.163. The molecule has 0 saturated heterocycles. The SMILES string of the molecule is COc1cc(C[C@@H]2c3cc(OC)c(OC)cc3CCN2C)c(Oc2cc3c(cc2OC)-c2c(OC)c(OC)cc4c2[C@@H](C3)N(C)CC4)cc1OC. The van der Waals surface area contributed by atoms with Crippen LogP contribution in [0.2, 0.25) is 0 Å². The van der Waals surface area contributed by atoms with Crippen molar-refractivity contribution in [1.82, 2.24) is 9.80 Å². The van der Waals surface area contributed by atoms with Gasteiger partial charge in [0.25, 0.3) is 0 Å². The van der Waals surface area contributed by atoms with E-state index in [9.17, 15) is 0 Å². The van der Waals surface area contributed by atoms with E-state index in [4.69, 9.17) is 37.9 Å². The number of methoxy groups -OCH3 is 7. The average molecular weight is 697 g/mol. The molecule has 0 spiro atoms. The largest absolute Gasteiger partial charge is 0.493 e. The summed E-state index contributed by atoms with van der Waals surface area (Å²) >= 11 is 0. The first-order valence-corrected chi connectivity index (χ1v) is 17.3. The van der Waals surface area contributed by atoms with Gasteiger partial charge < -0.3 is 37.9 Å². The molecule has 0 amide bonds. The second kappa shape index (κ2) is 14.1. The van der Waals surface area contributed by atoms with Crippen LogP contribution in [0, 0.1) is 0 Å². The van der Waals surface area contributed by atoms with Crippen molar-refractivity contribution in [3.63, 3.8) is 0 Å². The molecule has 4 aromatic rings. The third-order valence-electron chi connectivity index (χ3n) is 10.9. The van der Waals surface area contributed by atoms with E-state index in [1.807, 2.05) is 12.1 Å². The van der Waals surface area contributed by atoms with Crippen LogP contribution < -0.4 is 37.9 Å². The molecule has 270 valence electrons. The van der Waals surface area contributed by atoms with Gasteiger partial charge in [0, 0.05) is 42.4 Å². The van der Waals surface area contributed by atoms with Crippen molar-refractivity contribution in [2.24, 2.45) is 0 Å². The van der Waals surface area contributed by atoms with Crippen molar-refractivity contribution < 1.29 is 37.9 Å². The van der Waals surface area contributed by atoms with E-state index < -0.39 is 0 Å². The molecular formula is C41H48N2O8. The zero-order chi connectivity index (χ0) is 36.0. The van der Waals surface area contributed by atoms with Gasteiger partial charge in [-0.2, -0.15) is 0 Å². The molecule has 10 heteroatoms. The lowest BCUT2D eigenvalue weighted by Gasteiger charge is -2.40. The molecule has 2 heterocycles. The van der Waals surface area contributed by atoms with Crippen molar-refractivity contribution >= 4 is 0 Å². The highest BCUT2D eigenvalue weighted by molar-refractivity contribution is 5.85. The van der Waals surface area contributed by atoms with Crippen molar-refractivity contribution in [2.45, 2.75) is 37.8 Å². The minimum atomic E-state index is 0.0504. The third-order valence-corrected chi connectivity index (χ3v) is 10.9. The zero-order valence-electron chi connectivity index (χ0n) is 31.1. The van der Waals surface area contributed by atoms with Crippen LogP contribution >= 0.6 is 0 Å². The van der Waals surface area contributed by atoms with Gasteiger partial charge in [0.05, 0.1) is 49.8 Å². The van der Waals surface area contributed by atoms with Gasteiger partial charge in [-0.3, -0.25) is 9.80 Å². The molecule has 2 atom stereocenters. The molecule has 0 bridgehead atoms. The lowest BCUT2D eigenvalue weighted by Crippen LogP contribution is -2.35. The van der Waals surface area contributed by atoms with Crippen LogP contribution in [-0.2, 0) is 25.7 Å². The summed E-state index contributed by atoms with van der Waals surface area (Å²) in [5.74, 6) is 6.05. The first kappa shape index (κ1) is 34.6. The predicted octanol–water partition coefficient (Wildman–Crippen LogP) is 7.06. The smallest absolute Gasteiger partial charge is 0.169 e. The van der Waals surface area contributed by atoms with Crippen LogP contribution in [0.5, 0.6) is 51.7 Å². The fourth-order valence-electron chi connectivity index (χ4n) is 8.20. The first-order chi connectivity index (χ1) is 24.8. The number of hydrogen-bond acceptors (Lipinski definition) is 10. The summed E-state index contributed by atoms with van der Waals surface area (Å²) in [4.78, 5) is 4.81. The summed E-state index contributed by atoms with van der Waals surface area (Å²) in [7, 11) is 16.1. The van der Waals surface area contributed by atoms with Crippen LogP contribution in [0.3, 0.4) is 0 Å². The molecule has 0 saturated carbocycles. The van der Waals surface area contributed by atoms with Crippen LogP contribution in [0.15, 0.2) is 42.5 Å². The maximum absolute atomic E-state index is 6.92. The molecule has 0 aromatic heterocycles. The Morgan fingerprint density at radius 2 is 1.12 bits per heavy atom. The lowest BCUT2D eigenvalue weighted by atomic mass is 9.76. The maximum atomic E-state index is 6.92. The molecule has 0 radical (unpaired) electrons. The number of ether oxygens (including phenoxy) is 8. The lowest BCUT2D eigenvalue weighted by molar-refractivity contribution is 0.226. The topological polar surface area (TPSA) is 80.3 Å². The fourth-order valence-corrected chi connectivity index (χ4v) is 8.20. The zero-order valence-corrected chi connectivity index (χ0v) is 31.1. The highest BCUT2D eigenvalue weighted by Gasteiger charge is 2.37. The van der Waals surface area contributed by atoms with Crippen molar-refractivity contribution in [3.05, 3.63) is 75.8 Å². The minimum absolute atomic E-state index is 0.0504. The predicted molar refractivity (Wildman–Crippen MR) is 196 cm³/mol. The average Bonchev–Trinajstić information content (AvgIpc) is 3.16. The van der Waals surface area contributed by atoms with Gasteiger partial charge in [0.2, 0.25) is 0 Å². The Labute approximate surface area is 300 Å². The monoisotopic (exact) mass is 696 g/mol. The van der Waals surface area contributed by atoms with Gasteiger partial charge in [0.15, 0.2) is 46.0 Å². The molecule has 0 unspecified atom stereocenters. The van der Waals surface area contributed by atoms with Crippen LogP contribution in [0.1, 0.15) is 45.5 Å². The summed E-state index contributed by atoms with van der Waals surface area (Å²) in [6, 6.07) is 14.7. The summed E-state index contributed by atoms with van der Waals surface area (Å²) in [5.41, 5.74) is 9.31. The highest BCUT2D eigenvalue weighted by atomic mass is 16.5. The Bertz CT molecular complexity index is 1960. The second-order valence-corrected chi connectivity index (χ2v) is 13.4. The van der Waals surface area contributed by atoms with Crippen LogP contribution in [0.4, 0.5) is 0 Å². The minimum Gasteiger partial charge on any atom is -0.493 e. The van der Waals surface area contributed by atoms with E-state index in [1.165, 1.54) is 22.3 Å². The van der Waals surface area contributed by atoms with E-state index in [2.05, 4.69) is 54.2 Å². The maximum Gasteiger partial charge on any atom is 0.169 e. The van der Waals surface area contributed by atoms with Crippen molar-refractivity contribution in [1.29, 1.82) is 0 Å². The third kappa shape index (κ3) is 5.94. The van der Waals surface area contributed by atoms with E-state index in [1.54, 1.807) is 49.8 Å². The number of benzene rings is 4. The second-order valence-electron chi connectivity index (χ2n) is 13.4. The first-order valence-electron chi connectivity index (χ1n) is 17.3. The molecule has 51 heavy (non-hydrogen) atoms. The molecule has 3 aliphatic rings. The molecule has 7 rings (SSSR count). The van der Waals surface area contributed by atoms with Gasteiger partial charge in [-0.05, 0) is 110 Å². The summed E-state index contributed by atoms with van der Waals surface area (Å²) in [5, 5.41) is 0. The Morgan fingerprint density at radius 3 is 1.80 bits per heavy atom. The summed E-state index contributed by atoms with van der Waals surface area (Å²) < 4.78 is 47.8. The molecule has 0 N–H and O–H groups in total. The normalized spacial score (nSPS) is 17.8. The van der Waals surface area contributed by atoms with E-state index >= 15 is 0 Å². The Hall–Kier alpha value is -4.80. The molecule has 4 aromatic carbocycles. The van der Waals surface area contributed by atoms with Crippen molar-refractivity contribution in [3.8, 4) is 62.9 Å². The van der Waals surface area contributed by atoms with E-state index in [0.29, 0.717) is 40.9 Å². The standard InChI is InChI=1S/C41H48N2O8/c1-42-12-10-23-16-32(44-3)34(46-5)20-27(23)29(42)15-26-19-33(45-4)36(48-7)22-31(26)51-37-18-25-14-30-39-24(11-13-43(30)2)17-38(49-8)41(50-9)40(39)28(25)21-35(37)47-6/h16-22,29-30H,10-15H2,1-9H3/t29-,30-/m1/s1. The number of nitrogens with zero attached hydrogens (tertiary/aromatic N) is 2. The van der Waals surface area contributed by atoms with E-state index in [0.717, 1.165) is 71.9 Å². The molecule has 0 fully saturated rings. The number of rotatable bonds is 11. The van der Waals surface area contributed by atoms with Gasteiger partial charge >= 0.3 is 0 Å². The van der Waals surface area contributed by atoms with Gasteiger partial charge in [-0.25, -0.2) is 0 Å². The van der Waals surface area contributed by atoms with Crippen LogP contribution in [0.25, 0.3) is 11.1 Å². The Morgan fingerprint density at radius 1 is 0.549 bits per heavy atom. The Balaban J connectivity index is 1.34. The van der Waals surface area contributed by atoms with Gasteiger partial charge in [-0.15, -0.1) is 0 Å². The van der Waals surface area contributed by atoms with Gasteiger partial charge in [0.1, 0.15) is 5.75 Å². The number of likely N-dealkylation sites (N-methyl/N-ethyl adjacent to an activating group) is 2. The number of hydrogen-bond donors (Lipinski definition) is 0. The summed E-state index contributed by atoms with van der Waals surface area (Å²) in [6.45, 7) is 1.87. The number of fused-ring (bicyclic) bond motifs is 3. The molecular weight excluding hydrogens is 648 g/mol. The highest BCUT2D eigenvalue weighted by Crippen LogP contribution is 2.54. The molecule has 10 nitrogen and oxygen atoms in total. The molecule has 1 aliphatic carbocycles. The van der Waals surface area contributed by atoms with Gasteiger partial charge in [-0.1, -0.05) is 0 Å². The van der Waals surface area contributed by atoms with Crippen LogP contribution in [-0.4, -0.2) is 86.8 Å². The summed E-state index contributed by atoms with van der Waals surface area (Å²) in [6.07, 6.45) is 3.35. The fraction of sp³-hybridized carbons (Fsp3) is 0.415. The Kier molecular flexibility index (Phi) is 9.56. The van der Waals surface area contributed by atoms with E-state index in [-0.39, 0.29) is 12.1 Å². The van der Waals surface area contributed by atoms with Crippen molar-refractivity contribution in [2.75, 3.05) is 77.0 Å². The molecule has 2 aliphatic heterocycles.